The molecule has 0 aromatic heterocycles. The average molecular weight is 317 g/mol. The Morgan fingerprint density at radius 3 is 2.43 bits per heavy atom. The first-order valence-electron chi connectivity index (χ1n) is 7.27. The van der Waals surface area contributed by atoms with Crippen molar-refractivity contribution >= 4 is 5.91 Å². The molecule has 4 nitrogen and oxygen atoms in total. The predicted octanol–water partition coefficient (Wildman–Crippen LogP) is 3.64. The first-order valence-corrected chi connectivity index (χ1v) is 7.27. The van der Waals surface area contributed by atoms with Crippen molar-refractivity contribution in [1.82, 2.24) is 5.32 Å². The highest BCUT2D eigenvalue weighted by Gasteiger charge is 2.16. The zero-order chi connectivity index (χ0) is 17.0. The molecule has 23 heavy (non-hydrogen) atoms. The van der Waals surface area contributed by atoms with E-state index in [0.717, 1.165) is 5.56 Å². The fourth-order valence-corrected chi connectivity index (χ4v) is 1.96. The number of hydrogen-bond donors (Lipinski definition) is 2. The molecule has 0 unspecified atom stereocenters. The summed E-state index contributed by atoms with van der Waals surface area (Å²) in [6.45, 7) is 5.84. The van der Waals surface area contributed by atoms with Gasteiger partial charge in [-0.05, 0) is 50.6 Å². The molecule has 2 rings (SSSR count). The molecule has 1 amide bonds. The van der Waals surface area contributed by atoms with Gasteiger partial charge in [0.1, 0.15) is 23.9 Å². The molecule has 2 aromatic carbocycles. The molecule has 0 radical (unpaired) electrons. The number of rotatable bonds is 4. The van der Waals surface area contributed by atoms with Crippen LogP contribution in [0.4, 0.5) is 4.39 Å². The molecular formula is C18H20FNO3. The molecule has 0 bridgehead atoms. The van der Waals surface area contributed by atoms with Gasteiger partial charge in [-0.25, -0.2) is 4.39 Å². The SMILES string of the molecule is CC(C)(C)NC(=O)c1cc(O)cc(OCc2ccc(F)cc2)c1. The Balaban J connectivity index is 2.10. The summed E-state index contributed by atoms with van der Waals surface area (Å²) in [5, 5.41) is 12.6. The number of phenolic OH excluding ortho intramolecular Hbond substituents is 1. The van der Waals surface area contributed by atoms with Crippen molar-refractivity contribution < 1.29 is 19.0 Å². The van der Waals surface area contributed by atoms with Crippen LogP contribution in [0.15, 0.2) is 42.5 Å². The quantitative estimate of drug-likeness (QED) is 0.905. The molecular weight excluding hydrogens is 297 g/mol. The summed E-state index contributed by atoms with van der Waals surface area (Å²) in [7, 11) is 0. The minimum Gasteiger partial charge on any atom is -0.508 e. The van der Waals surface area contributed by atoms with Gasteiger partial charge in [-0.2, -0.15) is 0 Å². The van der Waals surface area contributed by atoms with Crippen LogP contribution in [0.2, 0.25) is 0 Å². The second kappa shape index (κ2) is 6.69. The summed E-state index contributed by atoms with van der Waals surface area (Å²) in [6, 6.07) is 10.3. The van der Waals surface area contributed by atoms with Crippen molar-refractivity contribution in [2.45, 2.75) is 32.9 Å². The van der Waals surface area contributed by atoms with Crippen LogP contribution >= 0.6 is 0 Å². The summed E-state index contributed by atoms with van der Waals surface area (Å²) >= 11 is 0. The molecule has 2 N–H and O–H groups in total. The number of amides is 1. The van der Waals surface area contributed by atoms with Crippen LogP contribution in [-0.4, -0.2) is 16.6 Å². The van der Waals surface area contributed by atoms with E-state index in [0.29, 0.717) is 11.3 Å². The van der Waals surface area contributed by atoms with Gasteiger partial charge in [0.15, 0.2) is 0 Å². The summed E-state index contributed by atoms with van der Waals surface area (Å²) in [6.07, 6.45) is 0. The van der Waals surface area contributed by atoms with Crippen molar-refractivity contribution in [3.05, 3.63) is 59.4 Å². The Morgan fingerprint density at radius 1 is 1.17 bits per heavy atom. The van der Waals surface area contributed by atoms with Gasteiger partial charge in [-0.15, -0.1) is 0 Å². The minimum absolute atomic E-state index is 0.0549. The molecule has 5 heteroatoms. The third-order valence-corrected chi connectivity index (χ3v) is 2.96. The summed E-state index contributed by atoms with van der Waals surface area (Å²) in [4.78, 5) is 12.2. The second-order valence-electron chi connectivity index (χ2n) is 6.33. The standard InChI is InChI=1S/C18H20FNO3/c1-18(2,3)20-17(22)13-8-15(21)10-16(9-13)23-11-12-4-6-14(19)7-5-12/h4-10,21H,11H2,1-3H3,(H,20,22). The van der Waals surface area contributed by atoms with Crippen LogP contribution in [0.3, 0.4) is 0 Å². The molecule has 0 aliphatic rings. The molecule has 0 saturated heterocycles. The molecule has 0 saturated carbocycles. The number of halogens is 1. The van der Waals surface area contributed by atoms with Gasteiger partial charge in [0.25, 0.3) is 5.91 Å². The van der Waals surface area contributed by atoms with E-state index in [4.69, 9.17) is 4.74 Å². The lowest BCUT2D eigenvalue weighted by atomic mass is 10.1. The van der Waals surface area contributed by atoms with Crippen LogP contribution in [-0.2, 0) is 6.61 Å². The predicted molar refractivity (Wildman–Crippen MR) is 86.1 cm³/mol. The number of phenols is 1. The maximum atomic E-state index is 12.9. The average Bonchev–Trinajstić information content (AvgIpc) is 2.44. The number of benzene rings is 2. The minimum atomic E-state index is -0.377. The van der Waals surface area contributed by atoms with Crippen molar-refractivity contribution in [3.8, 4) is 11.5 Å². The van der Waals surface area contributed by atoms with E-state index in [1.54, 1.807) is 18.2 Å². The van der Waals surface area contributed by atoms with Gasteiger partial charge in [0, 0.05) is 17.2 Å². The first-order chi connectivity index (χ1) is 10.7. The van der Waals surface area contributed by atoms with Gasteiger partial charge in [-0.1, -0.05) is 12.1 Å². The smallest absolute Gasteiger partial charge is 0.251 e. The zero-order valence-electron chi connectivity index (χ0n) is 13.4. The van der Waals surface area contributed by atoms with E-state index in [1.165, 1.54) is 24.3 Å². The molecule has 0 aliphatic heterocycles. The third-order valence-electron chi connectivity index (χ3n) is 2.96. The second-order valence-corrected chi connectivity index (χ2v) is 6.33. The number of carbonyl (C=O) groups excluding carboxylic acids is 1. The highest BCUT2D eigenvalue weighted by Crippen LogP contribution is 2.23. The fourth-order valence-electron chi connectivity index (χ4n) is 1.96. The normalized spacial score (nSPS) is 11.1. The van der Waals surface area contributed by atoms with E-state index in [9.17, 15) is 14.3 Å². The molecule has 2 aromatic rings. The van der Waals surface area contributed by atoms with E-state index >= 15 is 0 Å². The van der Waals surface area contributed by atoms with E-state index in [-0.39, 0.29) is 29.6 Å². The lowest BCUT2D eigenvalue weighted by molar-refractivity contribution is 0.0918. The molecule has 0 atom stereocenters. The van der Waals surface area contributed by atoms with Crippen molar-refractivity contribution in [2.24, 2.45) is 0 Å². The van der Waals surface area contributed by atoms with Crippen molar-refractivity contribution in [3.63, 3.8) is 0 Å². The third kappa shape index (κ3) is 5.29. The molecule has 0 aliphatic carbocycles. The molecule has 0 heterocycles. The van der Waals surface area contributed by atoms with Crippen LogP contribution in [0, 0.1) is 5.82 Å². The first kappa shape index (κ1) is 16.8. The maximum absolute atomic E-state index is 12.9. The number of ether oxygens (including phenoxy) is 1. The van der Waals surface area contributed by atoms with Crippen molar-refractivity contribution in [2.75, 3.05) is 0 Å². The number of aromatic hydroxyl groups is 1. The zero-order valence-corrected chi connectivity index (χ0v) is 13.4. The molecule has 122 valence electrons. The highest BCUT2D eigenvalue weighted by atomic mass is 19.1. The van der Waals surface area contributed by atoms with E-state index in [2.05, 4.69) is 5.32 Å². The van der Waals surface area contributed by atoms with Gasteiger partial charge in [0.2, 0.25) is 0 Å². The van der Waals surface area contributed by atoms with Crippen LogP contribution in [0.1, 0.15) is 36.7 Å². The Morgan fingerprint density at radius 2 is 1.83 bits per heavy atom. The van der Waals surface area contributed by atoms with Gasteiger partial charge in [-0.3, -0.25) is 4.79 Å². The fraction of sp³-hybridized carbons (Fsp3) is 0.278. The van der Waals surface area contributed by atoms with Gasteiger partial charge >= 0.3 is 0 Å². The largest absolute Gasteiger partial charge is 0.508 e. The van der Waals surface area contributed by atoms with E-state index in [1.807, 2.05) is 20.8 Å². The van der Waals surface area contributed by atoms with Gasteiger partial charge < -0.3 is 15.2 Å². The Kier molecular flexibility index (Phi) is 4.89. The summed E-state index contributed by atoms with van der Waals surface area (Å²) in [5.41, 5.74) is 0.724. The highest BCUT2D eigenvalue weighted by molar-refractivity contribution is 5.95. The lowest BCUT2D eigenvalue weighted by Crippen LogP contribution is -2.40. The maximum Gasteiger partial charge on any atom is 0.251 e. The summed E-state index contributed by atoms with van der Waals surface area (Å²) < 4.78 is 18.4. The van der Waals surface area contributed by atoms with Gasteiger partial charge in [0.05, 0.1) is 0 Å². The van der Waals surface area contributed by atoms with Crippen LogP contribution in [0.25, 0.3) is 0 Å². The Labute approximate surface area is 134 Å². The monoisotopic (exact) mass is 317 g/mol. The van der Waals surface area contributed by atoms with E-state index < -0.39 is 0 Å². The molecule has 0 spiro atoms. The van der Waals surface area contributed by atoms with Crippen LogP contribution < -0.4 is 10.1 Å². The number of nitrogens with one attached hydrogen (secondary N) is 1. The Bertz CT molecular complexity index is 690. The topological polar surface area (TPSA) is 58.6 Å². The number of carbonyl (C=O) groups is 1. The van der Waals surface area contributed by atoms with Crippen molar-refractivity contribution in [1.29, 1.82) is 0 Å². The lowest BCUT2D eigenvalue weighted by Gasteiger charge is -2.20. The number of hydrogen-bond acceptors (Lipinski definition) is 3. The Hall–Kier alpha value is -2.56. The molecule has 0 fully saturated rings. The summed E-state index contributed by atoms with van der Waals surface area (Å²) in [5.74, 6) is -0.290. The van der Waals surface area contributed by atoms with Crippen LogP contribution in [0.5, 0.6) is 11.5 Å².